The van der Waals surface area contributed by atoms with Gasteiger partial charge >= 0.3 is 0 Å². The molecule has 0 aromatic heterocycles. The molecule has 0 saturated carbocycles. The highest BCUT2D eigenvalue weighted by molar-refractivity contribution is 6.33. The highest BCUT2D eigenvalue weighted by atomic mass is 35.5. The normalized spacial score (nSPS) is 13.8. The number of piperazine rings is 1. The van der Waals surface area contributed by atoms with Gasteiger partial charge in [0.05, 0.1) is 10.7 Å². The summed E-state index contributed by atoms with van der Waals surface area (Å²) in [6.45, 7) is 4.28. The molecule has 35 heavy (non-hydrogen) atoms. The van der Waals surface area contributed by atoms with E-state index in [4.69, 9.17) is 11.6 Å². The Balaban J connectivity index is 1.46. The predicted octanol–water partition coefficient (Wildman–Crippen LogP) is 6.23. The smallest absolute Gasteiger partial charge is 0.255 e. The van der Waals surface area contributed by atoms with Crippen LogP contribution >= 0.6 is 11.6 Å². The monoisotopic (exact) mass is 509 g/mol. The van der Waals surface area contributed by atoms with Gasteiger partial charge in [0, 0.05) is 37.4 Å². The zero-order chi connectivity index (χ0) is 25.4. The Kier molecular flexibility index (Phi) is 6.89. The summed E-state index contributed by atoms with van der Waals surface area (Å²) in [5, 5.41) is 3.15. The number of nitrogens with zero attached hydrogens (tertiary/aromatic N) is 2. The van der Waals surface area contributed by atoms with E-state index in [2.05, 4.69) is 5.32 Å². The Bertz CT molecular complexity index is 1280. The number of hydrogen-bond acceptors (Lipinski definition) is 3. The van der Waals surface area contributed by atoms with Gasteiger partial charge in [-0.1, -0.05) is 29.3 Å². The third-order valence-corrected chi connectivity index (χ3v) is 6.26. The number of benzene rings is 3. The molecule has 0 atom stereocenters. The van der Waals surface area contributed by atoms with Crippen molar-refractivity contribution in [1.29, 1.82) is 0 Å². The third-order valence-electron chi connectivity index (χ3n) is 5.96. The van der Waals surface area contributed by atoms with Crippen molar-refractivity contribution in [2.45, 2.75) is 13.8 Å². The van der Waals surface area contributed by atoms with Crippen LogP contribution in [0.3, 0.4) is 0 Å². The van der Waals surface area contributed by atoms with E-state index >= 15 is 0 Å². The Morgan fingerprint density at radius 3 is 1.94 bits per heavy atom. The largest absolute Gasteiger partial charge is 0.367 e. The van der Waals surface area contributed by atoms with Crippen molar-refractivity contribution in [1.82, 2.24) is 0 Å². The molecule has 0 spiro atoms. The lowest BCUT2D eigenvalue weighted by atomic mass is 10.1. The summed E-state index contributed by atoms with van der Waals surface area (Å²) in [5.41, 5.74) is 2.61. The number of aryl methyl sites for hydroxylation is 2. The molecule has 0 radical (unpaired) electrons. The number of carbonyl (C=O) groups excluding carboxylic acids is 1. The highest BCUT2D eigenvalue weighted by Crippen LogP contribution is 2.33. The van der Waals surface area contributed by atoms with E-state index in [9.17, 15) is 26.7 Å². The lowest BCUT2D eigenvalue weighted by Gasteiger charge is -2.38. The molecule has 4 rings (SSSR count). The maximum Gasteiger partial charge on any atom is 0.255 e. The molecule has 4 nitrogen and oxygen atoms in total. The molecular weight excluding hydrogens is 489 g/mol. The Morgan fingerprint density at radius 1 is 0.800 bits per heavy atom. The summed E-state index contributed by atoms with van der Waals surface area (Å²) in [4.78, 5) is 15.6. The van der Waals surface area contributed by atoms with Gasteiger partial charge in [-0.2, -0.15) is 0 Å². The van der Waals surface area contributed by atoms with Gasteiger partial charge < -0.3 is 15.1 Å². The van der Waals surface area contributed by atoms with Crippen LogP contribution in [0.25, 0.3) is 0 Å². The number of halogens is 6. The molecule has 1 N–H and O–H groups in total. The van der Waals surface area contributed by atoms with Crippen molar-refractivity contribution in [3.63, 3.8) is 0 Å². The average molecular weight is 510 g/mol. The SMILES string of the molecule is Cc1ccc(C(=O)Nc2ccc(N3CCN(c4c(F)c(F)c(F)c(F)c4F)CC3)c(Cl)c2)c(C)c1. The molecule has 0 aliphatic carbocycles. The molecule has 1 aliphatic heterocycles. The number of amides is 1. The number of anilines is 3. The van der Waals surface area contributed by atoms with Crippen molar-refractivity contribution in [2.75, 3.05) is 41.3 Å². The Labute approximate surface area is 203 Å². The van der Waals surface area contributed by atoms with Gasteiger partial charge in [0.25, 0.3) is 5.91 Å². The molecule has 10 heteroatoms. The summed E-state index contributed by atoms with van der Waals surface area (Å²) >= 11 is 6.44. The van der Waals surface area contributed by atoms with E-state index in [1.807, 2.05) is 30.9 Å². The minimum absolute atomic E-state index is 0.0138. The van der Waals surface area contributed by atoms with E-state index in [1.54, 1.807) is 24.3 Å². The molecule has 0 bridgehead atoms. The van der Waals surface area contributed by atoms with Gasteiger partial charge in [-0.05, 0) is 43.7 Å². The van der Waals surface area contributed by atoms with Gasteiger partial charge in [0.15, 0.2) is 23.3 Å². The van der Waals surface area contributed by atoms with Crippen molar-refractivity contribution in [3.05, 3.63) is 87.2 Å². The van der Waals surface area contributed by atoms with Crippen LogP contribution in [0.2, 0.25) is 5.02 Å². The number of nitrogens with one attached hydrogen (secondary N) is 1. The lowest BCUT2D eigenvalue weighted by molar-refractivity contribution is 0.102. The zero-order valence-electron chi connectivity index (χ0n) is 18.9. The average Bonchev–Trinajstić information content (AvgIpc) is 2.82. The van der Waals surface area contributed by atoms with E-state index in [0.29, 0.717) is 22.0 Å². The second-order valence-corrected chi connectivity index (χ2v) is 8.74. The predicted molar refractivity (Wildman–Crippen MR) is 126 cm³/mol. The molecule has 1 aliphatic rings. The molecule has 3 aromatic carbocycles. The first kappa shape index (κ1) is 24.8. The number of carbonyl (C=O) groups is 1. The van der Waals surface area contributed by atoms with Crippen molar-refractivity contribution in [3.8, 4) is 0 Å². The van der Waals surface area contributed by atoms with Gasteiger partial charge in [0.1, 0.15) is 5.69 Å². The van der Waals surface area contributed by atoms with Crippen LogP contribution in [0, 0.1) is 42.9 Å². The summed E-state index contributed by atoms with van der Waals surface area (Å²) in [6.07, 6.45) is 0. The third kappa shape index (κ3) is 4.77. The first-order valence-electron chi connectivity index (χ1n) is 10.8. The summed E-state index contributed by atoms with van der Waals surface area (Å²) in [6, 6.07) is 10.5. The van der Waals surface area contributed by atoms with Gasteiger partial charge in [-0.15, -0.1) is 0 Å². The zero-order valence-corrected chi connectivity index (χ0v) is 19.6. The van der Waals surface area contributed by atoms with E-state index in [-0.39, 0.29) is 32.1 Å². The fourth-order valence-electron chi connectivity index (χ4n) is 4.15. The van der Waals surface area contributed by atoms with Gasteiger partial charge in [-0.3, -0.25) is 4.79 Å². The van der Waals surface area contributed by atoms with Crippen LogP contribution in [0.15, 0.2) is 36.4 Å². The molecule has 1 saturated heterocycles. The van der Waals surface area contributed by atoms with Crippen molar-refractivity contribution < 1.29 is 26.7 Å². The standard InChI is InChI=1S/C25H21ClF5N3O/c1-13-3-5-16(14(2)11-13)25(35)32-15-4-6-18(17(26)12-15)33-7-9-34(10-8-33)24-22(30)20(28)19(27)21(29)23(24)31/h3-6,11-12H,7-10H2,1-2H3,(H,32,35). The second-order valence-electron chi connectivity index (χ2n) is 8.33. The van der Waals surface area contributed by atoms with Crippen LogP contribution in [0.5, 0.6) is 0 Å². The number of rotatable bonds is 4. The maximum atomic E-state index is 14.2. The van der Waals surface area contributed by atoms with Crippen LogP contribution in [-0.4, -0.2) is 32.1 Å². The maximum absolute atomic E-state index is 14.2. The fourth-order valence-corrected chi connectivity index (χ4v) is 4.45. The minimum Gasteiger partial charge on any atom is -0.367 e. The van der Waals surface area contributed by atoms with Crippen LogP contribution in [0.4, 0.5) is 39.0 Å². The fraction of sp³-hybridized carbons (Fsp3) is 0.240. The Morgan fingerprint density at radius 2 is 1.37 bits per heavy atom. The van der Waals surface area contributed by atoms with Crippen LogP contribution < -0.4 is 15.1 Å². The van der Waals surface area contributed by atoms with Crippen molar-refractivity contribution >= 4 is 34.6 Å². The summed E-state index contributed by atoms with van der Waals surface area (Å²) in [7, 11) is 0. The molecule has 184 valence electrons. The van der Waals surface area contributed by atoms with Crippen LogP contribution in [0.1, 0.15) is 21.5 Å². The van der Waals surface area contributed by atoms with Gasteiger partial charge in [-0.25, -0.2) is 22.0 Å². The van der Waals surface area contributed by atoms with E-state index in [1.165, 1.54) is 0 Å². The first-order valence-corrected chi connectivity index (χ1v) is 11.2. The second kappa shape index (κ2) is 9.73. The summed E-state index contributed by atoms with van der Waals surface area (Å²) < 4.78 is 68.8. The first-order chi connectivity index (χ1) is 16.6. The molecular formula is C25H21ClF5N3O. The number of hydrogen-bond donors (Lipinski definition) is 1. The molecule has 3 aromatic rings. The summed E-state index contributed by atoms with van der Waals surface area (Å²) in [5.74, 6) is -10.1. The lowest BCUT2D eigenvalue weighted by Crippen LogP contribution is -2.47. The topological polar surface area (TPSA) is 35.6 Å². The minimum atomic E-state index is -2.18. The molecule has 1 fully saturated rings. The van der Waals surface area contributed by atoms with E-state index in [0.717, 1.165) is 16.0 Å². The molecule has 0 unspecified atom stereocenters. The van der Waals surface area contributed by atoms with Crippen molar-refractivity contribution in [2.24, 2.45) is 0 Å². The molecule has 1 heterocycles. The highest BCUT2D eigenvalue weighted by Gasteiger charge is 2.31. The quantitative estimate of drug-likeness (QED) is 0.257. The Hall–Kier alpha value is -3.33. The van der Waals surface area contributed by atoms with Gasteiger partial charge in [0.2, 0.25) is 5.82 Å². The van der Waals surface area contributed by atoms with E-state index < -0.39 is 34.8 Å². The molecule has 1 amide bonds. The van der Waals surface area contributed by atoms with Crippen LogP contribution in [-0.2, 0) is 0 Å².